The van der Waals surface area contributed by atoms with E-state index in [0.717, 1.165) is 6.42 Å². The van der Waals surface area contributed by atoms with Crippen molar-refractivity contribution in [3.05, 3.63) is 61.2 Å². The number of rotatable bonds is 5. The largest absolute Gasteiger partial charge is 0.118 e. The van der Waals surface area contributed by atoms with Gasteiger partial charge in [-0.2, -0.15) is 0 Å². The van der Waals surface area contributed by atoms with Crippen LogP contribution in [0.15, 0.2) is 55.6 Å². The molecule has 14 heavy (non-hydrogen) atoms. The van der Waals surface area contributed by atoms with E-state index in [2.05, 4.69) is 25.3 Å². The number of allylic oxidation sites excluding steroid dienone is 2. The van der Waals surface area contributed by atoms with Crippen molar-refractivity contribution in [1.82, 2.24) is 0 Å². The van der Waals surface area contributed by atoms with Crippen molar-refractivity contribution in [2.24, 2.45) is 5.92 Å². The Balaban J connectivity index is 2.66. The predicted octanol–water partition coefficient (Wildman–Crippen LogP) is 3.82. The molecule has 1 aromatic rings. The Hall–Kier alpha value is -1.01. The van der Waals surface area contributed by atoms with Crippen LogP contribution in [0.4, 0.5) is 0 Å². The Kier molecular flexibility index (Phi) is 4.48. The molecule has 1 rings (SSSR count). The van der Waals surface area contributed by atoms with Crippen LogP contribution in [0.5, 0.6) is 0 Å². The van der Waals surface area contributed by atoms with Crippen LogP contribution in [0.25, 0.3) is 0 Å². The van der Waals surface area contributed by atoms with Crippen molar-refractivity contribution in [1.29, 1.82) is 0 Å². The molecule has 0 aliphatic carbocycles. The molecule has 0 N–H and O–H groups in total. The molecule has 0 fully saturated rings. The molecule has 0 radical (unpaired) electrons. The van der Waals surface area contributed by atoms with Gasteiger partial charge in [0.05, 0.1) is 5.38 Å². The first-order valence-electron chi connectivity index (χ1n) is 4.71. The van der Waals surface area contributed by atoms with E-state index in [9.17, 15) is 0 Å². The van der Waals surface area contributed by atoms with Gasteiger partial charge in [-0.1, -0.05) is 42.5 Å². The Morgan fingerprint density at radius 1 is 1.14 bits per heavy atom. The second-order valence-electron chi connectivity index (χ2n) is 3.27. The maximum Gasteiger partial charge on any atom is 0.0579 e. The number of hydrogen-bond donors (Lipinski definition) is 0. The van der Waals surface area contributed by atoms with E-state index in [1.54, 1.807) is 6.08 Å². The molecule has 1 aromatic carbocycles. The number of hydrogen-bond acceptors (Lipinski definition) is 0. The predicted molar refractivity (Wildman–Crippen MR) is 63.7 cm³/mol. The highest BCUT2D eigenvalue weighted by Gasteiger charge is 2.12. The molecule has 0 bridgehead atoms. The van der Waals surface area contributed by atoms with E-state index in [1.165, 1.54) is 5.56 Å². The van der Waals surface area contributed by atoms with Crippen molar-refractivity contribution in [3.8, 4) is 0 Å². The third-order valence-electron chi connectivity index (χ3n) is 2.25. The minimum absolute atomic E-state index is 0.0345. The summed E-state index contributed by atoms with van der Waals surface area (Å²) in [6.45, 7) is 7.49. The summed E-state index contributed by atoms with van der Waals surface area (Å²) in [5.74, 6) is 0.261. The van der Waals surface area contributed by atoms with Crippen LogP contribution in [-0.2, 0) is 6.42 Å². The van der Waals surface area contributed by atoms with Gasteiger partial charge in [0.15, 0.2) is 0 Å². The van der Waals surface area contributed by atoms with Gasteiger partial charge >= 0.3 is 0 Å². The average Bonchev–Trinajstić information content (AvgIpc) is 2.26. The first kappa shape index (κ1) is 11.1. The second kappa shape index (κ2) is 5.66. The van der Waals surface area contributed by atoms with Gasteiger partial charge in [-0.25, -0.2) is 0 Å². The van der Waals surface area contributed by atoms with Gasteiger partial charge in [0, 0.05) is 5.92 Å². The molecule has 0 spiro atoms. The van der Waals surface area contributed by atoms with Crippen molar-refractivity contribution in [3.63, 3.8) is 0 Å². The van der Waals surface area contributed by atoms with Gasteiger partial charge in [0.25, 0.3) is 0 Å². The molecule has 74 valence electrons. The zero-order valence-corrected chi connectivity index (χ0v) is 8.95. The molecule has 2 unspecified atom stereocenters. The minimum Gasteiger partial charge on any atom is -0.118 e. The van der Waals surface area contributed by atoms with E-state index in [4.69, 9.17) is 11.6 Å². The monoisotopic (exact) mass is 206 g/mol. The molecular weight excluding hydrogens is 192 g/mol. The summed E-state index contributed by atoms with van der Waals surface area (Å²) in [6.07, 6.45) is 4.58. The summed E-state index contributed by atoms with van der Waals surface area (Å²) in [5.41, 5.74) is 1.28. The van der Waals surface area contributed by atoms with E-state index in [1.807, 2.05) is 24.3 Å². The zero-order valence-electron chi connectivity index (χ0n) is 8.20. The van der Waals surface area contributed by atoms with Crippen LogP contribution < -0.4 is 0 Å². The number of alkyl halides is 1. The fourth-order valence-corrected chi connectivity index (χ4v) is 1.58. The first-order chi connectivity index (χ1) is 6.77. The third-order valence-corrected chi connectivity index (χ3v) is 2.75. The standard InChI is InChI=1S/C13H15Cl/c1-3-12(13(14)4-2)10-11-8-6-5-7-9-11/h3-9,12-13H,1-2,10H2. The highest BCUT2D eigenvalue weighted by molar-refractivity contribution is 6.22. The minimum atomic E-state index is -0.0345. The van der Waals surface area contributed by atoms with Crippen molar-refractivity contribution in [2.75, 3.05) is 0 Å². The Labute approximate surface area is 90.9 Å². The summed E-state index contributed by atoms with van der Waals surface area (Å²) in [4.78, 5) is 0. The smallest absolute Gasteiger partial charge is 0.0579 e. The van der Waals surface area contributed by atoms with Crippen LogP contribution in [0.1, 0.15) is 5.56 Å². The molecular formula is C13H15Cl. The molecule has 0 saturated heterocycles. The van der Waals surface area contributed by atoms with Crippen molar-refractivity contribution >= 4 is 11.6 Å². The van der Waals surface area contributed by atoms with Crippen LogP contribution in [-0.4, -0.2) is 5.38 Å². The molecule has 0 aromatic heterocycles. The summed E-state index contributed by atoms with van der Waals surface area (Å²) in [6, 6.07) is 10.3. The van der Waals surface area contributed by atoms with Crippen LogP contribution in [0, 0.1) is 5.92 Å². The maximum absolute atomic E-state index is 6.09. The quantitative estimate of drug-likeness (QED) is 0.508. The van der Waals surface area contributed by atoms with E-state index >= 15 is 0 Å². The molecule has 0 aliphatic heterocycles. The van der Waals surface area contributed by atoms with E-state index < -0.39 is 0 Å². The summed E-state index contributed by atoms with van der Waals surface area (Å²) in [7, 11) is 0. The van der Waals surface area contributed by atoms with Crippen LogP contribution in [0.2, 0.25) is 0 Å². The fourth-order valence-electron chi connectivity index (χ4n) is 1.39. The number of halogens is 1. The normalized spacial score (nSPS) is 14.4. The highest BCUT2D eigenvalue weighted by Crippen LogP contribution is 2.18. The zero-order chi connectivity index (χ0) is 10.4. The van der Waals surface area contributed by atoms with Crippen LogP contribution in [0.3, 0.4) is 0 Å². The van der Waals surface area contributed by atoms with Gasteiger partial charge in [-0.15, -0.1) is 24.8 Å². The van der Waals surface area contributed by atoms with Gasteiger partial charge < -0.3 is 0 Å². The number of benzene rings is 1. The lowest BCUT2D eigenvalue weighted by Gasteiger charge is -2.15. The fraction of sp³-hybridized carbons (Fsp3) is 0.231. The molecule has 0 aliphatic rings. The summed E-state index contributed by atoms with van der Waals surface area (Å²) < 4.78 is 0. The summed E-state index contributed by atoms with van der Waals surface area (Å²) in [5, 5.41) is -0.0345. The molecule has 0 nitrogen and oxygen atoms in total. The Morgan fingerprint density at radius 3 is 2.29 bits per heavy atom. The molecule has 1 heteroatoms. The Morgan fingerprint density at radius 2 is 1.79 bits per heavy atom. The van der Waals surface area contributed by atoms with Gasteiger partial charge in [-0.05, 0) is 12.0 Å². The lowest BCUT2D eigenvalue weighted by molar-refractivity contribution is 0.668. The average molecular weight is 207 g/mol. The third kappa shape index (κ3) is 3.04. The molecule has 0 amide bonds. The van der Waals surface area contributed by atoms with E-state index in [-0.39, 0.29) is 11.3 Å². The molecule has 2 atom stereocenters. The SMILES string of the molecule is C=CC(Cl)C(C=C)Cc1ccccc1. The van der Waals surface area contributed by atoms with Gasteiger partial charge in [0.2, 0.25) is 0 Å². The first-order valence-corrected chi connectivity index (χ1v) is 5.14. The molecule has 0 heterocycles. The van der Waals surface area contributed by atoms with Gasteiger partial charge in [0.1, 0.15) is 0 Å². The lowest BCUT2D eigenvalue weighted by atomic mass is 9.96. The Bertz CT molecular complexity index is 289. The van der Waals surface area contributed by atoms with Crippen molar-refractivity contribution < 1.29 is 0 Å². The topological polar surface area (TPSA) is 0 Å². The highest BCUT2D eigenvalue weighted by atomic mass is 35.5. The van der Waals surface area contributed by atoms with Crippen LogP contribution >= 0.6 is 11.6 Å². The second-order valence-corrected chi connectivity index (χ2v) is 3.77. The van der Waals surface area contributed by atoms with E-state index in [0.29, 0.717) is 0 Å². The maximum atomic E-state index is 6.09. The molecule has 0 saturated carbocycles. The summed E-state index contributed by atoms with van der Waals surface area (Å²) >= 11 is 6.09. The van der Waals surface area contributed by atoms with Crippen molar-refractivity contribution in [2.45, 2.75) is 11.8 Å². The van der Waals surface area contributed by atoms with Gasteiger partial charge in [-0.3, -0.25) is 0 Å². The lowest BCUT2D eigenvalue weighted by Crippen LogP contribution is -2.12.